The van der Waals surface area contributed by atoms with Crippen molar-refractivity contribution in [3.63, 3.8) is 0 Å². The first-order chi connectivity index (χ1) is 10.1. The summed E-state index contributed by atoms with van der Waals surface area (Å²) in [5.41, 5.74) is 2.22. The second kappa shape index (κ2) is 6.72. The van der Waals surface area contributed by atoms with Gasteiger partial charge in [-0.15, -0.1) is 0 Å². The molecule has 0 bridgehead atoms. The van der Waals surface area contributed by atoms with Crippen molar-refractivity contribution in [3.05, 3.63) is 29.3 Å². The van der Waals surface area contributed by atoms with Crippen molar-refractivity contribution in [2.45, 2.75) is 39.2 Å². The molecule has 1 aromatic rings. The number of carbonyl (C=O) groups is 2. The van der Waals surface area contributed by atoms with Crippen LogP contribution in [0.25, 0.3) is 0 Å². The summed E-state index contributed by atoms with van der Waals surface area (Å²) in [5.74, 6) is -0.123. The van der Waals surface area contributed by atoms with E-state index in [0.29, 0.717) is 18.5 Å². The Morgan fingerprint density at radius 3 is 2.71 bits per heavy atom. The minimum absolute atomic E-state index is 0.0400. The second-order valence-electron chi connectivity index (χ2n) is 5.29. The Balaban J connectivity index is 2.25. The van der Waals surface area contributed by atoms with Crippen LogP contribution in [0.3, 0.4) is 0 Å². The van der Waals surface area contributed by atoms with Gasteiger partial charge in [0.25, 0.3) is 5.91 Å². The number of carbonyl (C=O) groups excluding carboxylic acids is 2. The van der Waals surface area contributed by atoms with Crippen molar-refractivity contribution in [3.8, 4) is 0 Å². The van der Waals surface area contributed by atoms with Crippen LogP contribution < -0.4 is 5.32 Å². The van der Waals surface area contributed by atoms with E-state index in [1.807, 2.05) is 13.8 Å². The summed E-state index contributed by atoms with van der Waals surface area (Å²) in [7, 11) is 0. The van der Waals surface area contributed by atoms with Crippen LogP contribution in [-0.2, 0) is 11.2 Å². The van der Waals surface area contributed by atoms with E-state index < -0.39 is 0 Å². The Bertz CT molecular complexity index is 538. The highest BCUT2D eigenvalue weighted by molar-refractivity contribution is 6.01. The molecule has 5 heteroatoms. The Morgan fingerprint density at radius 2 is 2.10 bits per heavy atom. The molecule has 0 fully saturated rings. The van der Waals surface area contributed by atoms with Crippen molar-refractivity contribution < 1.29 is 14.7 Å². The molecule has 0 spiro atoms. The third kappa shape index (κ3) is 3.24. The summed E-state index contributed by atoms with van der Waals surface area (Å²) in [6.07, 6.45) is 2.03. The van der Waals surface area contributed by atoms with E-state index in [4.69, 9.17) is 0 Å². The zero-order valence-electron chi connectivity index (χ0n) is 12.6. The maximum atomic E-state index is 12.7. The first kappa shape index (κ1) is 15.5. The fourth-order valence-corrected chi connectivity index (χ4v) is 2.82. The molecule has 0 radical (unpaired) electrons. The van der Waals surface area contributed by atoms with Crippen LogP contribution >= 0.6 is 0 Å². The molecule has 0 atom stereocenters. The lowest BCUT2D eigenvalue weighted by Crippen LogP contribution is -2.41. The molecule has 5 nitrogen and oxygen atoms in total. The molecule has 1 aromatic carbocycles. The minimum atomic E-state index is -0.0834. The van der Waals surface area contributed by atoms with E-state index in [1.54, 1.807) is 23.1 Å². The number of benzene rings is 1. The highest BCUT2D eigenvalue weighted by Gasteiger charge is 2.24. The fraction of sp³-hybridized carbons (Fsp3) is 0.500. The van der Waals surface area contributed by atoms with Crippen molar-refractivity contribution in [1.82, 2.24) is 4.90 Å². The lowest BCUT2D eigenvalue weighted by molar-refractivity contribution is -0.115. The molecular formula is C16H22N2O3. The van der Waals surface area contributed by atoms with Crippen molar-refractivity contribution >= 4 is 17.5 Å². The number of amides is 2. The number of aliphatic hydroxyl groups is 1. The molecule has 114 valence electrons. The van der Waals surface area contributed by atoms with Gasteiger partial charge in [-0.2, -0.15) is 0 Å². The van der Waals surface area contributed by atoms with Gasteiger partial charge in [-0.05, 0) is 36.6 Å². The average molecular weight is 290 g/mol. The fourth-order valence-electron chi connectivity index (χ4n) is 2.82. The monoisotopic (exact) mass is 290 g/mol. The molecule has 1 heterocycles. The van der Waals surface area contributed by atoms with Gasteiger partial charge in [0, 0.05) is 23.8 Å². The quantitative estimate of drug-likeness (QED) is 0.839. The molecule has 2 N–H and O–H groups in total. The molecule has 0 saturated heterocycles. The predicted octanol–water partition coefficient (Wildman–Crippen LogP) is 1.80. The molecule has 0 unspecified atom stereocenters. The van der Waals surface area contributed by atoms with Crippen molar-refractivity contribution in [2.24, 2.45) is 0 Å². The predicted molar refractivity (Wildman–Crippen MR) is 81.3 cm³/mol. The summed E-state index contributed by atoms with van der Waals surface area (Å²) in [5, 5.41) is 12.0. The smallest absolute Gasteiger partial charge is 0.254 e. The normalized spacial score (nSPS) is 13.2. The van der Waals surface area contributed by atoms with E-state index in [2.05, 4.69) is 5.32 Å². The van der Waals surface area contributed by atoms with Crippen molar-refractivity contribution in [2.75, 3.05) is 18.5 Å². The van der Waals surface area contributed by atoms with Gasteiger partial charge in [-0.25, -0.2) is 0 Å². The first-order valence-electron chi connectivity index (χ1n) is 7.45. The zero-order valence-corrected chi connectivity index (χ0v) is 12.6. The standard InChI is InChI=1S/C16H22N2O3/c1-3-13(4-2)18(7-8-19)16(21)11-5-6-14-12(9-11)10-15(20)17-14/h5-6,9,13,19H,3-4,7-8,10H2,1-2H3,(H,17,20). The van der Waals surface area contributed by atoms with Gasteiger partial charge in [0.05, 0.1) is 13.0 Å². The first-order valence-corrected chi connectivity index (χ1v) is 7.45. The van der Waals surface area contributed by atoms with E-state index in [9.17, 15) is 14.7 Å². The average Bonchev–Trinajstić information content (AvgIpc) is 2.85. The lowest BCUT2D eigenvalue weighted by atomic mass is 10.0. The maximum absolute atomic E-state index is 12.7. The molecule has 2 rings (SSSR count). The van der Waals surface area contributed by atoms with Crippen LogP contribution in [0.1, 0.15) is 42.6 Å². The SMILES string of the molecule is CCC(CC)N(CCO)C(=O)c1ccc2c(c1)CC(=O)N2. The van der Waals surface area contributed by atoms with Gasteiger partial charge in [-0.3, -0.25) is 9.59 Å². The molecule has 2 amide bonds. The number of hydrogen-bond acceptors (Lipinski definition) is 3. The number of aliphatic hydroxyl groups excluding tert-OH is 1. The third-order valence-corrected chi connectivity index (χ3v) is 3.96. The van der Waals surface area contributed by atoms with Crippen LogP contribution in [0, 0.1) is 0 Å². The van der Waals surface area contributed by atoms with Crippen LogP contribution in [0.2, 0.25) is 0 Å². The van der Waals surface area contributed by atoms with Crippen LogP contribution in [0.4, 0.5) is 5.69 Å². The van der Waals surface area contributed by atoms with Gasteiger partial charge in [0.15, 0.2) is 0 Å². The largest absolute Gasteiger partial charge is 0.395 e. The molecular weight excluding hydrogens is 268 g/mol. The molecule has 21 heavy (non-hydrogen) atoms. The molecule has 1 aliphatic rings. The topological polar surface area (TPSA) is 69.6 Å². The second-order valence-corrected chi connectivity index (χ2v) is 5.29. The number of fused-ring (bicyclic) bond motifs is 1. The van der Waals surface area contributed by atoms with E-state index in [0.717, 1.165) is 24.1 Å². The Labute approximate surface area is 125 Å². The summed E-state index contributed by atoms with van der Waals surface area (Å²) in [6, 6.07) is 5.41. The number of nitrogens with zero attached hydrogens (tertiary/aromatic N) is 1. The molecule has 0 saturated carbocycles. The summed E-state index contributed by atoms with van der Waals surface area (Å²) in [6.45, 7) is 4.36. The molecule has 0 aliphatic carbocycles. The Hall–Kier alpha value is -1.88. The molecule has 0 aromatic heterocycles. The summed E-state index contributed by atoms with van der Waals surface area (Å²) < 4.78 is 0. The summed E-state index contributed by atoms with van der Waals surface area (Å²) >= 11 is 0. The van der Waals surface area contributed by atoms with Crippen molar-refractivity contribution in [1.29, 1.82) is 0 Å². The highest BCUT2D eigenvalue weighted by atomic mass is 16.3. The minimum Gasteiger partial charge on any atom is -0.395 e. The van der Waals surface area contributed by atoms with Crippen LogP contribution in [0.15, 0.2) is 18.2 Å². The summed E-state index contributed by atoms with van der Waals surface area (Å²) in [4.78, 5) is 25.8. The van der Waals surface area contributed by atoms with Crippen LogP contribution in [0.5, 0.6) is 0 Å². The van der Waals surface area contributed by atoms with Gasteiger partial charge in [0.2, 0.25) is 5.91 Å². The van der Waals surface area contributed by atoms with E-state index >= 15 is 0 Å². The van der Waals surface area contributed by atoms with Crippen LogP contribution in [-0.4, -0.2) is 41.0 Å². The lowest BCUT2D eigenvalue weighted by Gasteiger charge is -2.30. The molecule has 1 aliphatic heterocycles. The van der Waals surface area contributed by atoms with E-state index in [1.165, 1.54) is 0 Å². The Kier molecular flexibility index (Phi) is 4.96. The Morgan fingerprint density at radius 1 is 1.38 bits per heavy atom. The maximum Gasteiger partial charge on any atom is 0.254 e. The van der Waals surface area contributed by atoms with Gasteiger partial charge < -0.3 is 15.3 Å². The third-order valence-electron chi connectivity index (χ3n) is 3.96. The number of nitrogens with one attached hydrogen (secondary N) is 1. The number of hydrogen-bond donors (Lipinski definition) is 2. The number of anilines is 1. The van der Waals surface area contributed by atoms with E-state index in [-0.39, 0.29) is 24.5 Å². The van der Waals surface area contributed by atoms with Gasteiger partial charge in [-0.1, -0.05) is 13.8 Å². The van der Waals surface area contributed by atoms with Gasteiger partial charge in [0.1, 0.15) is 0 Å². The zero-order chi connectivity index (χ0) is 15.4. The highest BCUT2D eigenvalue weighted by Crippen LogP contribution is 2.25. The van der Waals surface area contributed by atoms with Gasteiger partial charge >= 0.3 is 0 Å². The number of rotatable bonds is 6.